The Balaban J connectivity index is 1.85. The molecule has 1 heterocycles. The van der Waals surface area contributed by atoms with Gasteiger partial charge in [-0.15, -0.1) is 0 Å². The number of carbonyl (C=O) groups is 1. The van der Waals surface area contributed by atoms with Gasteiger partial charge < -0.3 is 20.5 Å². The smallest absolute Gasteiger partial charge is 0.235 e. The minimum atomic E-state index is -0.281. The Morgan fingerprint density at radius 3 is 2.28 bits per heavy atom. The number of hydrogen-bond acceptors (Lipinski definition) is 5. The maximum atomic E-state index is 11.4. The molecule has 0 spiro atoms. The molecule has 3 unspecified atom stereocenters. The third-order valence-electron chi connectivity index (χ3n) is 3.69. The van der Waals surface area contributed by atoms with E-state index in [0.29, 0.717) is 12.6 Å². The van der Waals surface area contributed by atoms with Gasteiger partial charge in [-0.25, -0.2) is 0 Å². The highest BCUT2D eigenvalue weighted by Crippen LogP contribution is 2.20. The highest BCUT2D eigenvalue weighted by atomic mass is 16.5. The first-order valence-electron chi connectivity index (χ1n) is 6.47. The number of nitrogens with zero attached hydrogens (tertiary/aromatic N) is 1. The van der Waals surface area contributed by atoms with E-state index in [0.717, 1.165) is 25.9 Å². The van der Waals surface area contributed by atoms with E-state index >= 15 is 0 Å². The van der Waals surface area contributed by atoms with Crippen molar-refractivity contribution in [2.24, 2.45) is 5.73 Å². The largest absolute Gasteiger partial charge is 0.377 e. The lowest BCUT2D eigenvalue weighted by molar-refractivity contribution is -0.120. The first-order valence-corrected chi connectivity index (χ1v) is 6.47. The van der Waals surface area contributed by atoms with E-state index in [1.807, 2.05) is 0 Å². The molecule has 1 aliphatic carbocycles. The van der Waals surface area contributed by atoms with Crippen LogP contribution in [0.2, 0.25) is 0 Å². The topological polar surface area (TPSA) is 76.8 Å². The molecule has 0 aromatic rings. The van der Waals surface area contributed by atoms with Gasteiger partial charge in [0.05, 0.1) is 18.2 Å². The molecule has 6 heteroatoms. The van der Waals surface area contributed by atoms with Crippen LogP contribution in [0, 0.1) is 0 Å². The van der Waals surface area contributed by atoms with Gasteiger partial charge in [0.25, 0.3) is 0 Å². The standard InChI is InChI=1S/C12H23N3O3/c1-17-10-6-15(7-11(10)18-2)5-9(12(13)16)14-8-3-4-8/h8-11,14H,3-7H2,1-2H3,(H2,13,16). The summed E-state index contributed by atoms with van der Waals surface area (Å²) in [4.78, 5) is 13.6. The molecule has 1 saturated carbocycles. The van der Waals surface area contributed by atoms with Crippen LogP contribution in [-0.2, 0) is 14.3 Å². The average Bonchev–Trinajstić information content (AvgIpc) is 3.07. The van der Waals surface area contributed by atoms with Crippen LogP contribution in [0.15, 0.2) is 0 Å². The Morgan fingerprint density at radius 2 is 1.89 bits per heavy atom. The van der Waals surface area contributed by atoms with E-state index in [1.165, 1.54) is 0 Å². The van der Waals surface area contributed by atoms with E-state index in [2.05, 4.69) is 10.2 Å². The minimum absolute atomic E-state index is 0.0736. The van der Waals surface area contributed by atoms with Crippen molar-refractivity contribution in [1.29, 1.82) is 0 Å². The normalized spacial score (nSPS) is 30.6. The molecule has 0 aromatic heterocycles. The third-order valence-corrected chi connectivity index (χ3v) is 3.69. The second-order valence-corrected chi connectivity index (χ2v) is 5.16. The van der Waals surface area contributed by atoms with E-state index in [1.54, 1.807) is 14.2 Å². The number of amides is 1. The maximum absolute atomic E-state index is 11.4. The number of hydrogen-bond donors (Lipinski definition) is 2. The molecular formula is C12H23N3O3. The maximum Gasteiger partial charge on any atom is 0.235 e. The molecule has 2 fully saturated rings. The molecule has 1 saturated heterocycles. The summed E-state index contributed by atoms with van der Waals surface area (Å²) in [5.41, 5.74) is 5.43. The molecule has 0 bridgehead atoms. The highest BCUT2D eigenvalue weighted by molar-refractivity contribution is 5.80. The van der Waals surface area contributed by atoms with Crippen LogP contribution in [0.5, 0.6) is 0 Å². The fourth-order valence-electron chi connectivity index (χ4n) is 2.44. The van der Waals surface area contributed by atoms with Crippen LogP contribution < -0.4 is 11.1 Å². The summed E-state index contributed by atoms with van der Waals surface area (Å²) in [7, 11) is 3.38. The zero-order valence-corrected chi connectivity index (χ0v) is 11.1. The van der Waals surface area contributed by atoms with Crippen LogP contribution in [0.4, 0.5) is 0 Å². The molecule has 1 amide bonds. The number of likely N-dealkylation sites (tertiary alicyclic amines) is 1. The number of rotatable bonds is 7. The summed E-state index contributed by atoms with van der Waals surface area (Å²) < 4.78 is 10.8. The van der Waals surface area contributed by atoms with Gasteiger partial charge in [0.1, 0.15) is 0 Å². The van der Waals surface area contributed by atoms with Crippen LogP contribution in [0.25, 0.3) is 0 Å². The third kappa shape index (κ3) is 3.41. The lowest BCUT2D eigenvalue weighted by atomic mass is 10.2. The predicted octanol–water partition coefficient (Wildman–Crippen LogP) is -1.06. The van der Waals surface area contributed by atoms with Crippen molar-refractivity contribution >= 4 is 5.91 Å². The van der Waals surface area contributed by atoms with Crippen molar-refractivity contribution in [2.75, 3.05) is 33.9 Å². The number of methoxy groups -OCH3 is 2. The Kier molecular flexibility index (Phi) is 4.55. The number of carbonyl (C=O) groups excluding carboxylic acids is 1. The first kappa shape index (κ1) is 13.7. The molecule has 2 aliphatic rings. The summed E-state index contributed by atoms with van der Waals surface area (Å²) in [6.45, 7) is 2.20. The van der Waals surface area contributed by atoms with Crippen molar-refractivity contribution in [1.82, 2.24) is 10.2 Å². The van der Waals surface area contributed by atoms with Crippen molar-refractivity contribution in [3.05, 3.63) is 0 Å². The Bertz CT molecular complexity index is 284. The monoisotopic (exact) mass is 257 g/mol. The predicted molar refractivity (Wildman–Crippen MR) is 67.2 cm³/mol. The minimum Gasteiger partial charge on any atom is -0.377 e. The summed E-state index contributed by atoms with van der Waals surface area (Å²) in [5.74, 6) is -0.281. The SMILES string of the molecule is COC1CN(CC(NC2CC2)C(N)=O)CC1OC. The first-order chi connectivity index (χ1) is 8.63. The Morgan fingerprint density at radius 1 is 1.33 bits per heavy atom. The van der Waals surface area contributed by atoms with Gasteiger partial charge in [-0.1, -0.05) is 0 Å². The summed E-state index contributed by atoms with van der Waals surface area (Å²) in [6.07, 6.45) is 2.44. The summed E-state index contributed by atoms with van der Waals surface area (Å²) in [6, 6.07) is 0.201. The number of ether oxygens (including phenoxy) is 2. The van der Waals surface area contributed by atoms with Crippen molar-refractivity contribution in [3.63, 3.8) is 0 Å². The van der Waals surface area contributed by atoms with Gasteiger partial charge in [-0.3, -0.25) is 9.69 Å². The molecule has 2 rings (SSSR count). The quantitative estimate of drug-likeness (QED) is 0.608. The van der Waals surface area contributed by atoms with Crippen LogP contribution in [0.1, 0.15) is 12.8 Å². The Labute approximate surface area is 108 Å². The molecule has 18 heavy (non-hydrogen) atoms. The van der Waals surface area contributed by atoms with Crippen LogP contribution in [-0.4, -0.2) is 69.0 Å². The molecule has 1 aliphatic heterocycles. The van der Waals surface area contributed by atoms with E-state index in [-0.39, 0.29) is 24.2 Å². The number of nitrogens with one attached hydrogen (secondary N) is 1. The lowest BCUT2D eigenvalue weighted by Gasteiger charge is -2.22. The second kappa shape index (κ2) is 5.97. The number of nitrogens with two attached hydrogens (primary N) is 1. The molecule has 3 atom stereocenters. The number of primary amides is 1. The van der Waals surface area contributed by atoms with E-state index < -0.39 is 0 Å². The molecular weight excluding hydrogens is 234 g/mol. The molecule has 0 aromatic carbocycles. The van der Waals surface area contributed by atoms with Gasteiger partial charge in [-0.2, -0.15) is 0 Å². The zero-order chi connectivity index (χ0) is 13.1. The van der Waals surface area contributed by atoms with Gasteiger partial charge in [0.2, 0.25) is 5.91 Å². The van der Waals surface area contributed by atoms with Crippen LogP contribution >= 0.6 is 0 Å². The molecule has 104 valence electrons. The zero-order valence-electron chi connectivity index (χ0n) is 11.1. The van der Waals surface area contributed by atoms with Crippen molar-refractivity contribution in [3.8, 4) is 0 Å². The molecule has 6 nitrogen and oxygen atoms in total. The summed E-state index contributed by atoms with van der Waals surface area (Å²) in [5, 5.41) is 3.29. The second-order valence-electron chi connectivity index (χ2n) is 5.16. The molecule has 3 N–H and O–H groups in total. The van der Waals surface area contributed by atoms with Crippen molar-refractivity contribution in [2.45, 2.75) is 37.1 Å². The Hall–Kier alpha value is -0.690. The van der Waals surface area contributed by atoms with Gasteiger partial charge in [0.15, 0.2) is 0 Å². The highest BCUT2D eigenvalue weighted by Gasteiger charge is 2.36. The average molecular weight is 257 g/mol. The van der Waals surface area contributed by atoms with Gasteiger partial charge >= 0.3 is 0 Å². The van der Waals surface area contributed by atoms with Crippen molar-refractivity contribution < 1.29 is 14.3 Å². The fraction of sp³-hybridized carbons (Fsp3) is 0.917. The van der Waals surface area contributed by atoms with Gasteiger partial charge in [-0.05, 0) is 12.8 Å². The van der Waals surface area contributed by atoms with E-state index in [9.17, 15) is 4.79 Å². The fourth-order valence-corrected chi connectivity index (χ4v) is 2.44. The van der Waals surface area contributed by atoms with Crippen LogP contribution in [0.3, 0.4) is 0 Å². The summed E-state index contributed by atoms with van der Waals surface area (Å²) >= 11 is 0. The lowest BCUT2D eigenvalue weighted by Crippen LogP contribution is -2.49. The molecule has 0 radical (unpaired) electrons. The van der Waals surface area contributed by atoms with E-state index in [4.69, 9.17) is 15.2 Å². The van der Waals surface area contributed by atoms with Gasteiger partial charge in [0, 0.05) is 39.9 Å².